The van der Waals surface area contributed by atoms with Crippen LogP contribution in [0, 0.1) is 5.82 Å². The van der Waals surface area contributed by atoms with Gasteiger partial charge >= 0.3 is 0 Å². The molecule has 0 aliphatic heterocycles. The van der Waals surface area contributed by atoms with Crippen molar-refractivity contribution >= 4 is 5.91 Å². The van der Waals surface area contributed by atoms with Crippen LogP contribution in [-0.4, -0.2) is 46.8 Å². The van der Waals surface area contributed by atoms with Crippen LogP contribution in [0.5, 0.6) is 0 Å². The van der Waals surface area contributed by atoms with Gasteiger partial charge in [-0.3, -0.25) is 4.79 Å². The molecule has 5 nitrogen and oxygen atoms in total. The smallest absolute Gasteiger partial charge is 0.271 e. The first-order valence-corrected chi connectivity index (χ1v) is 9.31. The van der Waals surface area contributed by atoms with E-state index in [-0.39, 0.29) is 17.3 Å². The highest BCUT2D eigenvalue weighted by Gasteiger charge is 2.39. The van der Waals surface area contributed by atoms with Crippen LogP contribution >= 0.6 is 0 Å². The zero-order valence-corrected chi connectivity index (χ0v) is 16.0. The predicted octanol–water partition coefficient (Wildman–Crippen LogP) is 2.84. The number of hydrogen-bond donors (Lipinski definition) is 1. The molecule has 0 fully saturated rings. The van der Waals surface area contributed by atoms with Crippen molar-refractivity contribution in [3.8, 4) is 5.69 Å². The molecular weight excluding hydrogens is 355 g/mol. The molecule has 0 bridgehead atoms. The maximum absolute atomic E-state index is 13.1. The Morgan fingerprint density at radius 2 is 1.75 bits per heavy atom. The van der Waals surface area contributed by atoms with Crippen molar-refractivity contribution in [2.24, 2.45) is 0 Å². The van der Waals surface area contributed by atoms with Crippen molar-refractivity contribution in [2.75, 3.05) is 20.6 Å². The van der Waals surface area contributed by atoms with E-state index in [0.29, 0.717) is 17.9 Å². The monoisotopic (exact) mass is 378 g/mol. The van der Waals surface area contributed by atoms with Gasteiger partial charge in [0.25, 0.3) is 5.91 Å². The Balaban J connectivity index is 1.46. The molecule has 1 aliphatic carbocycles. The second-order valence-electron chi connectivity index (χ2n) is 7.55. The summed E-state index contributed by atoms with van der Waals surface area (Å²) in [6.07, 6.45) is 3.51. The van der Waals surface area contributed by atoms with Crippen LogP contribution in [0.2, 0.25) is 0 Å². The average Bonchev–Trinajstić information content (AvgIpc) is 3.32. The van der Waals surface area contributed by atoms with Gasteiger partial charge in [-0.25, -0.2) is 9.07 Å². The standard InChI is InChI=1S/C22H23FN4O/c1-26(2)22(13-16-5-3-4-6-17(16)14-22)15-24-21(28)20-11-12-27(25-20)19-9-7-18(23)8-10-19/h3-12H,13-15H2,1-2H3,(H,24,28). The lowest BCUT2D eigenvalue weighted by molar-refractivity contribution is 0.0897. The summed E-state index contributed by atoms with van der Waals surface area (Å²) in [5, 5.41) is 7.39. The first-order valence-electron chi connectivity index (χ1n) is 9.31. The van der Waals surface area contributed by atoms with Crippen molar-refractivity contribution in [2.45, 2.75) is 18.4 Å². The van der Waals surface area contributed by atoms with Crippen LogP contribution in [0.3, 0.4) is 0 Å². The van der Waals surface area contributed by atoms with Crippen LogP contribution in [-0.2, 0) is 12.8 Å². The molecule has 1 aromatic heterocycles. The SMILES string of the molecule is CN(C)C1(CNC(=O)c2ccn(-c3ccc(F)cc3)n2)Cc2ccccc2C1. The minimum absolute atomic E-state index is 0.140. The zero-order valence-electron chi connectivity index (χ0n) is 16.0. The van der Waals surface area contributed by atoms with E-state index < -0.39 is 0 Å². The highest BCUT2D eigenvalue weighted by atomic mass is 19.1. The van der Waals surface area contributed by atoms with E-state index in [9.17, 15) is 9.18 Å². The van der Waals surface area contributed by atoms with Crippen molar-refractivity contribution < 1.29 is 9.18 Å². The number of hydrogen-bond acceptors (Lipinski definition) is 3. The molecule has 0 saturated heterocycles. The number of aromatic nitrogens is 2. The van der Waals surface area contributed by atoms with Crippen molar-refractivity contribution in [3.63, 3.8) is 0 Å². The minimum Gasteiger partial charge on any atom is -0.349 e. The molecule has 28 heavy (non-hydrogen) atoms. The number of nitrogens with zero attached hydrogens (tertiary/aromatic N) is 3. The van der Waals surface area contributed by atoms with Crippen LogP contribution < -0.4 is 5.32 Å². The predicted molar refractivity (Wildman–Crippen MR) is 106 cm³/mol. The number of rotatable bonds is 5. The van der Waals surface area contributed by atoms with Gasteiger partial charge in [-0.15, -0.1) is 0 Å². The fourth-order valence-electron chi connectivity index (χ4n) is 3.79. The molecule has 1 amide bonds. The van der Waals surface area contributed by atoms with E-state index >= 15 is 0 Å². The zero-order chi connectivity index (χ0) is 19.7. The number of carbonyl (C=O) groups is 1. The van der Waals surface area contributed by atoms with Crippen LogP contribution in [0.15, 0.2) is 60.8 Å². The third-order valence-corrected chi connectivity index (χ3v) is 5.60. The second-order valence-corrected chi connectivity index (χ2v) is 7.55. The van der Waals surface area contributed by atoms with Gasteiger partial charge in [0.2, 0.25) is 0 Å². The van der Waals surface area contributed by atoms with Gasteiger partial charge in [0.15, 0.2) is 5.69 Å². The fourth-order valence-corrected chi connectivity index (χ4v) is 3.79. The summed E-state index contributed by atoms with van der Waals surface area (Å²) in [6.45, 7) is 0.539. The first-order chi connectivity index (χ1) is 13.5. The van der Waals surface area contributed by atoms with Crippen molar-refractivity contribution in [1.29, 1.82) is 0 Å². The van der Waals surface area contributed by atoms with Gasteiger partial charge in [-0.1, -0.05) is 24.3 Å². The third-order valence-electron chi connectivity index (χ3n) is 5.60. The Hall–Kier alpha value is -2.99. The van der Waals surface area contributed by atoms with E-state index in [1.165, 1.54) is 23.3 Å². The normalized spacial score (nSPS) is 14.9. The summed E-state index contributed by atoms with van der Waals surface area (Å²) in [4.78, 5) is 14.9. The largest absolute Gasteiger partial charge is 0.349 e. The Morgan fingerprint density at radius 1 is 1.11 bits per heavy atom. The summed E-state index contributed by atoms with van der Waals surface area (Å²) >= 11 is 0. The highest BCUT2D eigenvalue weighted by Crippen LogP contribution is 2.33. The Kier molecular flexibility index (Phi) is 4.73. The molecule has 0 atom stereocenters. The highest BCUT2D eigenvalue weighted by molar-refractivity contribution is 5.92. The fraction of sp³-hybridized carbons (Fsp3) is 0.273. The minimum atomic E-state index is -0.305. The van der Waals surface area contributed by atoms with Gasteiger partial charge in [0.05, 0.1) is 5.69 Å². The second kappa shape index (κ2) is 7.20. The van der Waals surface area contributed by atoms with Crippen molar-refractivity contribution in [3.05, 3.63) is 83.4 Å². The van der Waals surface area contributed by atoms with E-state index in [1.807, 2.05) is 0 Å². The Labute approximate surface area is 163 Å². The summed E-state index contributed by atoms with van der Waals surface area (Å²) in [5.74, 6) is -0.515. The molecule has 0 radical (unpaired) electrons. The van der Waals surface area contributed by atoms with Gasteiger partial charge in [0.1, 0.15) is 5.82 Å². The Morgan fingerprint density at radius 3 is 2.36 bits per heavy atom. The van der Waals surface area contributed by atoms with Gasteiger partial charge < -0.3 is 10.2 Å². The average molecular weight is 378 g/mol. The number of nitrogens with one attached hydrogen (secondary N) is 1. The topological polar surface area (TPSA) is 50.2 Å². The van der Waals surface area contributed by atoms with E-state index in [1.54, 1.807) is 29.1 Å². The Bertz CT molecular complexity index is 969. The number of carbonyl (C=O) groups excluding carboxylic acids is 1. The molecule has 3 aromatic rings. The van der Waals surface area contributed by atoms with Gasteiger partial charge in [-0.05, 0) is 68.4 Å². The summed E-state index contributed by atoms with van der Waals surface area (Å²) in [7, 11) is 4.11. The number of amides is 1. The van der Waals surface area contributed by atoms with E-state index in [0.717, 1.165) is 12.8 Å². The van der Waals surface area contributed by atoms with Gasteiger partial charge in [0, 0.05) is 18.3 Å². The number of fused-ring (bicyclic) bond motifs is 1. The number of likely N-dealkylation sites (N-methyl/N-ethyl adjacent to an activating group) is 1. The molecular formula is C22H23FN4O. The lowest BCUT2D eigenvalue weighted by atomic mass is 9.94. The molecule has 4 rings (SSSR count). The third kappa shape index (κ3) is 3.43. The quantitative estimate of drug-likeness (QED) is 0.743. The van der Waals surface area contributed by atoms with E-state index in [2.05, 4.69) is 53.7 Å². The molecule has 0 saturated carbocycles. The first kappa shape index (κ1) is 18.4. The molecule has 6 heteroatoms. The summed E-state index contributed by atoms with van der Waals surface area (Å²) in [6, 6.07) is 16.1. The molecule has 144 valence electrons. The lowest BCUT2D eigenvalue weighted by Crippen LogP contribution is -2.53. The lowest BCUT2D eigenvalue weighted by Gasteiger charge is -2.36. The molecule has 0 spiro atoms. The maximum Gasteiger partial charge on any atom is 0.271 e. The molecule has 2 aromatic carbocycles. The van der Waals surface area contributed by atoms with Gasteiger partial charge in [-0.2, -0.15) is 5.10 Å². The molecule has 1 heterocycles. The maximum atomic E-state index is 13.1. The summed E-state index contributed by atoms with van der Waals surface area (Å²) in [5.41, 5.74) is 3.58. The van der Waals surface area contributed by atoms with Crippen molar-refractivity contribution in [1.82, 2.24) is 20.0 Å². The molecule has 1 aliphatic rings. The number of benzene rings is 2. The summed E-state index contributed by atoms with van der Waals surface area (Å²) < 4.78 is 14.7. The number of halogens is 1. The molecule has 1 N–H and O–H groups in total. The van der Waals surface area contributed by atoms with Crippen LogP contribution in [0.1, 0.15) is 21.6 Å². The molecule has 0 unspecified atom stereocenters. The van der Waals surface area contributed by atoms with E-state index in [4.69, 9.17) is 0 Å². The van der Waals surface area contributed by atoms with Crippen LogP contribution in [0.4, 0.5) is 4.39 Å². The van der Waals surface area contributed by atoms with Crippen LogP contribution in [0.25, 0.3) is 5.69 Å².